The van der Waals surface area contributed by atoms with Crippen LogP contribution in [-0.2, 0) is 9.53 Å². The van der Waals surface area contributed by atoms with Gasteiger partial charge in [-0.25, -0.2) is 9.78 Å². The normalized spacial score (nSPS) is 11.7. The number of esters is 1. The lowest BCUT2D eigenvalue weighted by Crippen LogP contribution is -2.30. The molecular weight excluding hydrogens is 371 g/mol. The molecule has 24 heavy (non-hydrogen) atoms. The van der Waals surface area contributed by atoms with E-state index in [-0.39, 0.29) is 5.02 Å². The van der Waals surface area contributed by atoms with Gasteiger partial charge in [0.1, 0.15) is 5.03 Å². The molecule has 0 saturated heterocycles. The van der Waals surface area contributed by atoms with Crippen LogP contribution in [0.3, 0.4) is 0 Å². The summed E-state index contributed by atoms with van der Waals surface area (Å²) in [5, 5.41) is 3.66. The summed E-state index contributed by atoms with van der Waals surface area (Å²) in [6.45, 7) is 1.47. The molecule has 0 bridgehead atoms. The molecule has 0 fully saturated rings. The SMILES string of the molecule is CSc1ncccc1C(=O)O[C@H](C)C(=O)Nc1cccc(Cl)c1Cl. The molecule has 0 spiro atoms. The minimum Gasteiger partial charge on any atom is -0.449 e. The van der Waals surface area contributed by atoms with Crippen molar-refractivity contribution < 1.29 is 14.3 Å². The maximum Gasteiger partial charge on any atom is 0.341 e. The smallest absolute Gasteiger partial charge is 0.341 e. The molecule has 0 saturated carbocycles. The second-order valence-corrected chi connectivity index (χ2v) is 6.28. The second-order valence-electron chi connectivity index (χ2n) is 4.70. The molecule has 0 radical (unpaired) electrons. The molecule has 0 aliphatic heterocycles. The summed E-state index contributed by atoms with van der Waals surface area (Å²) in [4.78, 5) is 28.5. The van der Waals surface area contributed by atoms with Crippen molar-refractivity contribution in [2.24, 2.45) is 0 Å². The van der Waals surface area contributed by atoms with Crippen LogP contribution in [0.25, 0.3) is 0 Å². The standard InChI is InChI=1S/C16H14Cl2N2O3S/c1-9(14(21)20-12-7-3-6-11(17)13(12)18)23-16(22)10-5-4-8-19-15(10)24-2/h3-9H,1-2H3,(H,20,21)/t9-/m1/s1. The molecule has 1 aromatic heterocycles. The summed E-state index contributed by atoms with van der Waals surface area (Å²) in [5.74, 6) is -1.13. The maximum absolute atomic E-state index is 12.2. The van der Waals surface area contributed by atoms with Gasteiger partial charge in [-0.2, -0.15) is 0 Å². The van der Waals surface area contributed by atoms with Crippen LogP contribution in [0.2, 0.25) is 10.0 Å². The number of nitrogens with zero attached hydrogens (tertiary/aromatic N) is 1. The number of benzene rings is 1. The van der Waals surface area contributed by atoms with Gasteiger partial charge in [-0.05, 0) is 37.4 Å². The lowest BCUT2D eigenvalue weighted by molar-refractivity contribution is -0.123. The van der Waals surface area contributed by atoms with Crippen molar-refractivity contribution in [3.05, 3.63) is 52.1 Å². The van der Waals surface area contributed by atoms with Gasteiger partial charge in [-0.3, -0.25) is 4.79 Å². The Labute approximate surface area is 153 Å². The van der Waals surface area contributed by atoms with Crippen LogP contribution >= 0.6 is 35.0 Å². The highest BCUT2D eigenvalue weighted by Gasteiger charge is 2.22. The van der Waals surface area contributed by atoms with E-state index in [4.69, 9.17) is 27.9 Å². The van der Waals surface area contributed by atoms with Crippen LogP contribution in [-0.4, -0.2) is 29.2 Å². The van der Waals surface area contributed by atoms with E-state index in [0.717, 1.165) is 0 Å². The minimum absolute atomic E-state index is 0.225. The molecule has 2 aromatic rings. The Morgan fingerprint density at radius 3 is 2.71 bits per heavy atom. The predicted octanol–water partition coefficient (Wildman–Crippen LogP) is 4.29. The third kappa shape index (κ3) is 4.41. The molecule has 0 unspecified atom stereocenters. The molecule has 1 heterocycles. The van der Waals surface area contributed by atoms with Crippen LogP contribution in [0.4, 0.5) is 5.69 Å². The van der Waals surface area contributed by atoms with E-state index in [2.05, 4.69) is 10.3 Å². The number of amides is 1. The quantitative estimate of drug-likeness (QED) is 0.614. The molecule has 1 amide bonds. The Bertz CT molecular complexity index is 771. The fraction of sp³-hybridized carbons (Fsp3) is 0.188. The van der Waals surface area contributed by atoms with Crippen molar-refractivity contribution in [1.82, 2.24) is 4.98 Å². The van der Waals surface area contributed by atoms with E-state index in [1.807, 2.05) is 0 Å². The van der Waals surface area contributed by atoms with Crippen LogP contribution in [0.15, 0.2) is 41.6 Å². The average molecular weight is 385 g/mol. The van der Waals surface area contributed by atoms with E-state index >= 15 is 0 Å². The Morgan fingerprint density at radius 1 is 1.25 bits per heavy atom. The first-order chi connectivity index (χ1) is 11.4. The maximum atomic E-state index is 12.2. The topological polar surface area (TPSA) is 68.3 Å². The highest BCUT2D eigenvalue weighted by molar-refractivity contribution is 7.98. The first kappa shape index (κ1) is 18.6. The van der Waals surface area contributed by atoms with Crippen LogP contribution in [0.1, 0.15) is 17.3 Å². The fourth-order valence-electron chi connectivity index (χ4n) is 1.82. The zero-order valence-electron chi connectivity index (χ0n) is 12.9. The number of nitrogens with one attached hydrogen (secondary N) is 1. The predicted molar refractivity (Wildman–Crippen MR) is 96.0 cm³/mol. The number of aromatic nitrogens is 1. The summed E-state index contributed by atoms with van der Waals surface area (Å²) in [6, 6.07) is 8.09. The average Bonchev–Trinajstić information content (AvgIpc) is 2.58. The lowest BCUT2D eigenvalue weighted by atomic mass is 10.2. The van der Waals surface area contributed by atoms with Gasteiger partial charge in [-0.1, -0.05) is 29.3 Å². The van der Waals surface area contributed by atoms with Gasteiger partial charge in [0.15, 0.2) is 6.10 Å². The number of pyridine rings is 1. The largest absolute Gasteiger partial charge is 0.449 e. The Hall–Kier alpha value is -1.76. The number of halogens is 2. The Balaban J connectivity index is 2.06. The highest BCUT2D eigenvalue weighted by atomic mass is 35.5. The first-order valence-corrected chi connectivity index (χ1v) is 8.87. The van der Waals surface area contributed by atoms with Crippen LogP contribution in [0.5, 0.6) is 0 Å². The Morgan fingerprint density at radius 2 is 2.00 bits per heavy atom. The van der Waals surface area contributed by atoms with Crippen molar-refractivity contribution in [2.45, 2.75) is 18.1 Å². The highest BCUT2D eigenvalue weighted by Crippen LogP contribution is 2.29. The van der Waals surface area contributed by atoms with Gasteiger partial charge in [0.2, 0.25) is 0 Å². The van der Waals surface area contributed by atoms with Gasteiger partial charge in [0.05, 0.1) is 21.3 Å². The van der Waals surface area contributed by atoms with Crippen molar-refractivity contribution in [2.75, 3.05) is 11.6 Å². The van der Waals surface area contributed by atoms with E-state index < -0.39 is 18.0 Å². The summed E-state index contributed by atoms with van der Waals surface area (Å²) >= 11 is 13.2. The fourth-order valence-corrected chi connectivity index (χ4v) is 2.71. The molecule has 1 aromatic carbocycles. The van der Waals surface area contributed by atoms with E-state index in [1.54, 1.807) is 42.8 Å². The van der Waals surface area contributed by atoms with Gasteiger partial charge < -0.3 is 10.1 Å². The number of hydrogen-bond donors (Lipinski definition) is 1. The van der Waals surface area contributed by atoms with E-state index in [9.17, 15) is 9.59 Å². The number of carbonyl (C=O) groups excluding carboxylic acids is 2. The molecular formula is C16H14Cl2N2O3S. The number of thioether (sulfide) groups is 1. The number of anilines is 1. The third-order valence-corrected chi connectivity index (χ3v) is 4.58. The molecule has 8 heteroatoms. The molecule has 0 aliphatic carbocycles. The zero-order chi connectivity index (χ0) is 17.7. The van der Waals surface area contributed by atoms with Gasteiger partial charge in [0, 0.05) is 6.20 Å². The molecule has 5 nitrogen and oxygen atoms in total. The van der Waals surface area contributed by atoms with E-state index in [0.29, 0.717) is 21.3 Å². The van der Waals surface area contributed by atoms with E-state index in [1.165, 1.54) is 18.7 Å². The summed E-state index contributed by atoms with van der Waals surface area (Å²) < 4.78 is 5.20. The van der Waals surface area contributed by atoms with Crippen LogP contribution < -0.4 is 5.32 Å². The number of carbonyl (C=O) groups is 2. The first-order valence-electron chi connectivity index (χ1n) is 6.89. The number of ether oxygens (including phenoxy) is 1. The Kier molecular flexibility index (Phi) is 6.48. The summed E-state index contributed by atoms with van der Waals surface area (Å²) in [5.41, 5.74) is 0.661. The van der Waals surface area contributed by atoms with Gasteiger partial charge >= 0.3 is 5.97 Å². The molecule has 1 N–H and O–H groups in total. The van der Waals surface area contributed by atoms with Crippen molar-refractivity contribution in [3.63, 3.8) is 0 Å². The van der Waals surface area contributed by atoms with Crippen molar-refractivity contribution in [1.29, 1.82) is 0 Å². The molecule has 126 valence electrons. The monoisotopic (exact) mass is 384 g/mol. The van der Waals surface area contributed by atoms with Crippen molar-refractivity contribution >= 4 is 52.5 Å². The van der Waals surface area contributed by atoms with Crippen molar-refractivity contribution in [3.8, 4) is 0 Å². The van der Waals surface area contributed by atoms with Gasteiger partial charge in [0.25, 0.3) is 5.91 Å². The lowest BCUT2D eigenvalue weighted by Gasteiger charge is -2.15. The molecule has 1 atom stereocenters. The zero-order valence-corrected chi connectivity index (χ0v) is 15.2. The minimum atomic E-state index is -1.01. The summed E-state index contributed by atoms with van der Waals surface area (Å²) in [6.07, 6.45) is 2.37. The number of hydrogen-bond acceptors (Lipinski definition) is 5. The third-order valence-electron chi connectivity index (χ3n) is 3.05. The summed E-state index contributed by atoms with van der Waals surface area (Å²) in [7, 11) is 0. The van der Waals surface area contributed by atoms with Gasteiger partial charge in [-0.15, -0.1) is 11.8 Å². The molecule has 2 rings (SSSR count). The molecule has 0 aliphatic rings. The van der Waals surface area contributed by atoms with Crippen LogP contribution in [0, 0.1) is 0 Å². The second kappa shape index (κ2) is 8.37. The number of rotatable bonds is 5.